The largest absolute Gasteiger partial charge is 0.497 e. The molecule has 0 bridgehead atoms. The molecule has 0 spiro atoms. The fraction of sp³-hybridized carbons (Fsp3) is 0.261. The number of nitrogens with one attached hydrogen (secondary N) is 1. The Bertz CT molecular complexity index is 1280. The predicted molar refractivity (Wildman–Crippen MR) is 115 cm³/mol. The van der Waals surface area contributed by atoms with Gasteiger partial charge in [0.15, 0.2) is 5.82 Å². The van der Waals surface area contributed by atoms with Gasteiger partial charge in [0.25, 0.3) is 5.56 Å². The van der Waals surface area contributed by atoms with Crippen molar-refractivity contribution in [2.45, 2.75) is 19.5 Å². The van der Waals surface area contributed by atoms with Crippen LogP contribution >= 0.6 is 0 Å². The van der Waals surface area contributed by atoms with Gasteiger partial charge in [-0.15, -0.1) is 0 Å². The van der Waals surface area contributed by atoms with Crippen LogP contribution in [0.1, 0.15) is 16.8 Å². The summed E-state index contributed by atoms with van der Waals surface area (Å²) < 4.78 is 7.48. The normalized spacial score (nSPS) is 14.1. The van der Waals surface area contributed by atoms with Gasteiger partial charge in [-0.3, -0.25) is 14.7 Å². The van der Waals surface area contributed by atoms with Crippen LogP contribution in [-0.4, -0.2) is 38.1 Å². The van der Waals surface area contributed by atoms with E-state index >= 15 is 0 Å². The quantitative estimate of drug-likeness (QED) is 0.569. The molecule has 5 rings (SSSR count). The molecule has 0 saturated heterocycles. The summed E-state index contributed by atoms with van der Waals surface area (Å²) in [5.74, 6) is 1.39. The lowest BCUT2D eigenvalue weighted by Gasteiger charge is -2.27. The van der Waals surface area contributed by atoms with Crippen LogP contribution < -0.4 is 10.3 Å². The molecule has 0 radical (unpaired) electrons. The summed E-state index contributed by atoms with van der Waals surface area (Å²) >= 11 is 0. The molecular formula is C23H23N5O2. The molecule has 4 aromatic rings. The first-order chi connectivity index (χ1) is 14.6. The summed E-state index contributed by atoms with van der Waals surface area (Å²) in [7, 11) is 3.73. The third kappa shape index (κ3) is 3.27. The lowest BCUT2D eigenvalue weighted by Crippen LogP contribution is -2.35. The highest BCUT2D eigenvalue weighted by Gasteiger charge is 2.23. The predicted octanol–water partition coefficient (Wildman–Crippen LogP) is 2.89. The van der Waals surface area contributed by atoms with Crippen LogP contribution in [0, 0.1) is 0 Å². The molecule has 1 N–H and O–H groups in total. The number of aromatic amines is 1. The van der Waals surface area contributed by atoms with Gasteiger partial charge in [-0.1, -0.05) is 6.07 Å². The highest BCUT2D eigenvalue weighted by atomic mass is 16.5. The summed E-state index contributed by atoms with van der Waals surface area (Å²) in [6, 6.07) is 11.7. The first kappa shape index (κ1) is 18.6. The van der Waals surface area contributed by atoms with Gasteiger partial charge in [0.2, 0.25) is 0 Å². The Kier molecular flexibility index (Phi) is 4.59. The standard InChI is InChI=1S/C23H23N5O2/c1-27-12-15(17-7-6-16(30-2)11-21(17)27)13-28-10-8-19-18(14-28)23(29)26-22(25-19)20-5-3-4-9-24-20/h3-7,9,11-12H,8,10,13-14H2,1-2H3,(H,25,26,29). The minimum Gasteiger partial charge on any atom is -0.497 e. The van der Waals surface area contributed by atoms with Crippen molar-refractivity contribution in [1.29, 1.82) is 0 Å². The van der Waals surface area contributed by atoms with E-state index in [0.717, 1.165) is 42.0 Å². The van der Waals surface area contributed by atoms with Crippen molar-refractivity contribution in [3.05, 3.63) is 76.0 Å². The van der Waals surface area contributed by atoms with Gasteiger partial charge < -0.3 is 14.3 Å². The van der Waals surface area contributed by atoms with E-state index in [9.17, 15) is 4.79 Å². The average Bonchev–Trinajstić information content (AvgIpc) is 3.09. The maximum Gasteiger partial charge on any atom is 0.255 e. The molecule has 152 valence electrons. The first-order valence-electron chi connectivity index (χ1n) is 10.00. The Morgan fingerprint density at radius 1 is 1.23 bits per heavy atom. The number of methoxy groups -OCH3 is 1. The van der Waals surface area contributed by atoms with Crippen LogP contribution in [0.25, 0.3) is 22.4 Å². The topological polar surface area (TPSA) is 76.0 Å². The number of hydrogen-bond donors (Lipinski definition) is 1. The lowest BCUT2D eigenvalue weighted by molar-refractivity contribution is 0.242. The van der Waals surface area contributed by atoms with E-state index in [2.05, 4.69) is 37.8 Å². The molecule has 0 aliphatic carbocycles. The maximum atomic E-state index is 12.8. The van der Waals surface area contributed by atoms with Crippen molar-refractivity contribution in [3.63, 3.8) is 0 Å². The number of fused-ring (bicyclic) bond motifs is 2. The van der Waals surface area contributed by atoms with Crippen LogP contribution in [0.15, 0.2) is 53.6 Å². The van der Waals surface area contributed by atoms with E-state index in [1.807, 2.05) is 31.3 Å². The Hall–Kier alpha value is -3.45. The molecule has 7 nitrogen and oxygen atoms in total. The summed E-state index contributed by atoms with van der Waals surface area (Å²) in [4.78, 5) is 27.0. The molecular weight excluding hydrogens is 378 g/mol. The number of ether oxygens (including phenoxy) is 1. The lowest BCUT2D eigenvalue weighted by atomic mass is 10.1. The Labute approximate surface area is 174 Å². The molecule has 4 heterocycles. The third-order valence-corrected chi connectivity index (χ3v) is 5.73. The molecule has 0 fully saturated rings. The number of H-pyrrole nitrogens is 1. The number of benzene rings is 1. The van der Waals surface area contributed by atoms with Crippen molar-refractivity contribution < 1.29 is 4.74 Å². The zero-order chi connectivity index (χ0) is 20.7. The number of aromatic nitrogens is 4. The molecule has 1 aliphatic rings. The fourth-order valence-electron chi connectivity index (χ4n) is 4.18. The number of nitrogens with zero attached hydrogens (tertiary/aromatic N) is 4. The van der Waals surface area contributed by atoms with E-state index in [1.165, 1.54) is 10.9 Å². The van der Waals surface area contributed by atoms with Crippen molar-refractivity contribution in [2.24, 2.45) is 7.05 Å². The highest BCUT2D eigenvalue weighted by molar-refractivity contribution is 5.85. The van der Waals surface area contributed by atoms with Crippen molar-refractivity contribution in [1.82, 2.24) is 24.4 Å². The van der Waals surface area contributed by atoms with Gasteiger partial charge in [-0.05, 0) is 29.8 Å². The van der Waals surface area contributed by atoms with E-state index < -0.39 is 0 Å². The SMILES string of the molecule is COc1ccc2c(CN3CCc4nc(-c5ccccn5)[nH]c(=O)c4C3)cn(C)c2c1. The molecule has 1 aromatic carbocycles. The minimum absolute atomic E-state index is 0.0759. The number of hydrogen-bond acceptors (Lipinski definition) is 5. The highest BCUT2D eigenvalue weighted by Crippen LogP contribution is 2.27. The van der Waals surface area contributed by atoms with E-state index in [1.54, 1.807) is 13.3 Å². The number of rotatable bonds is 4. The van der Waals surface area contributed by atoms with Crippen molar-refractivity contribution >= 4 is 10.9 Å². The molecule has 1 aliphatic heterocycles. The molecule has 0 atom stereocenters. The molecule has 0 amide bonds. The summed E-state index contributed by atoms with van der Waals surface area (Å²) in [5, 5.41) is 1.21. The van der Waals surface area contributed by atoms with Gasteiger partial charge in [-0.25, -0.2) is 4.98 Å². The Morgan fingerprint density at radius 3 is 2.93 bits per heavy atom. The summed E-state index contributed by atoms with van der Waals surface area (Å²) in [5.41, 5.74) is 4.62. The number of aryl methyl sites for hydroxylation is 1. The molecule has 0 unspecified atom stereocenters. The molecule has 0 saturated carbocycles. The van der Waals surface area contributed by atoms with Crippen LogP contribution in [0.4, 0.5) is 0 Å². The molecule has 3 aromatic heterocycles. The fourth-order valence-corrected chi connectivity index (χ4v) is 4.18. The van der Waals surface area contributed by atoms with Crippen LogP contribution in [0.5, 0.6) is 5.75 Å². The second-order valence-corrected chi connectivity index (χ2v) is 7.66. The van der Waals surface area contributed by atoms with Crippen molar-refractivity contribution in [2.75, 3.05) is 13.7 Å². The second kappa shape index (κ2) is 7.42. The average molecular weight is 401 g/mol. The summed E-state index contributed by atoms with van der Waals surface area (Å²) in [6.07, 6.45) is 4.61. The molecule has 30 heavy (non-hydrogen) atoms. The zero-order valence-corrected chi connectivity index (χ0v) is 17.1. The van der Waals surface area contributed by atoms with E-state index in [0.29, 0.717) is 18.1 Å². The second-order valence-electron chi connectivity index (χ2n) is 7.66. The minimum atomic E-state index is -0.0759. The molecule has 7 heteroatoms. The monoisotopic (exact) mass is 401 g/mol. The van der Waals surface area contributed by atoms with Gasteiger partial charge in [0.1, 0.15) is 11.4 Å². The van der Waals surface area contributed by atoms with Gasteiger partial charge in [-0.2, -0.15) is 0 Å². The smallest absolute Gasteiger partial charge is 0.255 e. The van der Waals surface area contributed by atoms with Crippen LogP contribution in [0.2, 0.25) is 0 Å². The zero-order valence-electron chi connectivity index (χ0n) is 17.1. The van der Waals surface area contributed by atoms with Gasteiger partial charge in [0, 0.05) is 56.9 Å². The first-order valence-corrected chi connectivity index (χ1v) is 10.00. The van der Waals surface area contributed by atoms with E-state index in [4.69, 9.17) is 9.72 Å². The van der Waals surface area contributed by atoms with Crippen LogP contribution in [-0.2, 0) is 26.6 Å². The Balaban J connectivity index is 1.42. The van der Waals surface area contributed by atoms with Gasteiger partial charge >= 0.3 is 0 Å². The maximum absolute atomic E-state index is 12.8. The number of pyridine rings is 1. The Morgan fingerprint density at radius 2 is 2.13 bits per heavy atom. The van der Waals surface area contributed by atoms with E-state index in [-0.39, 0.29) is 5.56 Å². The van der Waals surface area contributed by atoms with Crippen molar-refractivity contribution in [3.8, 4) is 17.3 Å². The van der Waals surface area contributed by atoms with Gasteiger partial charge in [0.05, 0.1) is 23.9 Å². The van der Waals surface area contributed by atoms with Crippen LogP contribution in [0.3, 0.4) is 0 Å². The summed E-state index contributed by atoms with van der Waals surface area (Å²) in [6.45, 7) is 2.23. The third-order valence-electron chi connectivity index (χ3n) is 5.73.